The van der Waals surface area contributed by atoms with Crippen LogP contribution in [0.15, 0.2) is 18.2 Å². The first-order chi connectivity index (χ1) is 9.15. The zero-order chi connectivity index (χ0) is 13.8. The number of nitrogens with zero attached hydrogens (tertiary/aromatic N) is 2. The van der Waals surface area contributed by atoms with Gasteiger partial charge in [0, 0.05) is 6.04 Å². The van der Waals surface area contributed by atoms with Crippen molar-refractivity contribution < 1.29 is 4.79 Å². The van der Waals surface area contributed by atoms with Gasteiger partial charge in [0.2, 0.25) is 0 Å². The molecule has 0 unspecified atom stereocenters. The van der Waals surface area contributed by atoms with Gasteiger partial charge >= 0.3 is 0 Å². The van der Waals surface area contributed by atoms with Crippen LogP contribution >= 0.6 is 23.2 Å². The van der Waals surface area contributed by atoms with Gasteiger partial charge in [-0.15, -0.1) is 0 Å². The van der Waals surface area contributed by atoms with Crippen molar-refractivity contribution in [2.75, 3.05) is 6.54 Å². The minimum atomic E-state index is -0.207. The quantitative estimate of drug-likeness (QED) is 0.794. The second kappa shape index (κ2) is 6.27. The maximum atomic E-state index is 12.5. The Morgan fingerprint density at radius 3 is 2.68 bits per heavy atom. The third-order valence-electron chi connectivity index (χ3n) is 3.45. The van der Waals surface area contributed by atoms with E-state index in [1.807, 2.05) is 0 Å². The maximum Gasteiger partial charge on any atom is 0.256 e. The second-order valence-corrected chi connectivity index (χ2v) is 5.42. The van der Waals surface area contributed by atoms with Gasteiger partial charge in [0.05, 0.1) is 21.7 Å². The van der Waals surface area contributed by atoms with E-state index in [1.54, 1.807) is 23.1 Å². The molecule has 1 aliphatic rings. The smallest absolute Gasteiger partial charge is 0.256 e. The molecule has 0 saturated heterocycles. The largest absolute Gasteiger partial charge is 0.322 e. The fourth-order valence-corrected chi connectivity index (χ4v) is 2.86. The molecular weight excluding hydrogens is 283 g/mol. The summed E-state index contributed by atoms with van der Waals surface area (Å²) in [6.07, 6.45) is 4.10. The molecule has 0 aromatic heterocycles. The van der Waals surface area contributed by atoms with Gasteiger partial charge in [-0.2, -0.15) is 5.26 Å². The minimum Gasteiger partial charge on any atom is -0.322 e. The van der Waals surface area contributed by atoms with E-state index in [2.05, 4.69) is 6.07 Å². The molecule has 1 fully saturated rings. The lowest BCUT2D eigenvalue weighted by Gasteiger charge is -2.26. The number of halogens is 2. The standard InChI is InChI=1S/C14H14Cl2N2O/c15-12-7-3-6-11(13(12)16)14(19)18(9-8-17)10-4-1-2-5-10/h3,6-7,10H,1-2,4-5,9H2. The summed E-state index contributed by atoms with van der Waals surface area (Å²) in [7, 11) is 0. The molecule has 19 heavy (non-hydrogen) atoms. The first-order valence-electron chi connectivity index (χ1n) is 6.27. The molecule has 0 heterocycles. The van der Waals surface area contributed by atoms with Gasteiger partial charge in [-0.3, -0.25) is 4.79 Å². The second-order valence-electron chi connectivity index (χ2n) is 4.63. The summed E-state index contributed by atoms with van der Waals surface area (Å²) >= 11 is 12.0. The summed E-state index contributed by atoms with van der Waals surface area (Å²) in [4.78, 5) is 14.1. The van der Waals surface area contributed by atoms with E-state index < -0.39 is 0 Å². The van der Waals surface area contributed by atoms with Crippen LogP contribution in [0.5, 0.6) is 0 Å². The molecule has 0 bridgehead atoms. The van der Waals surface area contributed by atoms with Crippen LogP contribution in [-0.2, 0) is 0 Å². The molecule has 2 rings (SSSR count). The number of carbonyl (C=O) groups is 1. The molecule has 0 atom stereocenters. The summed E-state index contributed by atoms with van der Waals surface area (Å²) in [5, 5.41) is 9.53. The molecular formula is C14H14Cl2N2O. The normalized spacial score (nSPS) is 15.2. The number of carbonyl (C=O) groups excluding carboxylic acids is 1. The highest BCUT2D eigenvalue weighted by Crippen LogP contribution is 2.29. The lowest BCUT2D eigenvalue weighted by atomic mass is 10.1. The molecule has 0 radical (unpaired) electrons. The Bertz CT molecular complexity index is 519. The molecule has 1 aromatic carbocycles. The Kier molecular flexibility index (Phi) is 4.68. The molecule has 1 amide bonds. The highest BCUT2D eigenvalue weighted by Gasteiger charge is 2.28. The topological polar surface area (TPSA) is 44.1 Å². The van der Waals surface area contributed by atoms with Crippen molar-refractivity contribution in [1.82, 2.24) is 4.90 Å². The van der Waals surface area contributed by atoms with Gasteiger partial charge in [-0.1, -0.05) is 42.1 Å². The monoisotopic (exact) mass is 296 g/mol. The molecule has 0 aliphatic heterocycles. The van der Waals surface area contributed by atoms with E-state index in [4.69, 9.17) is 28.5 Å². The zero-order valence-electron chi connectivity index (χ0n) is 10.4. The van der Waals surface area contributed by atoms with Crippen LogP contribution in [-0.4, -0.2) is 23.4 Å². The third kappa shape index (κ3) is 3.02. The lowest BCUT2D eigenvalue weighted by Crippen LogP contribution is -2.39. The molecule has 1 aliphatic carbocycles. The molecule has 1 saturated carbocycles. The Labute approximate surface area is 122 Å². The first-order valence-corrected chi connectivity index (χ1v) is 7.02. The number of rotatable bonds is 3. The van der Waals surface area contributed by atoms with Crippen LogP contribution in [0.4, 0.5) is 0 Å². The summed E-state index contributed by atoms with van der Waals surface area (Å²) in [5.41, 5.74) is 0.372. The summed E-state index contributed by atoms with van der Waals surface area (Å²) in [6, 6.07) is 7.19. The highest BCUT2D eigenvalue weighted by molar-refractivity contribution is 6.43. The van der Waals surface area contributed by atoms with Crippen LogP contribution in [0.1, 0.15) is 36.0 Å². The maximum absolute atomic E-state index is 12.5. The molecule has 0 N–H and O–H groups in total. The van der Waals surface area contributed by atoms with Crippen LogP contribution in [0, 0.1) is 11.3 Å². The van der Waals surface area contributed by atoms with E-state index in [9.17, 15) is 4.79 Å². The van der Waals surface area contributed by atoms with Crippen LogP contribution in [0.3, 0.4) is 0 Å². The van der Waals surface area contributed by atoms with Crippen molar-refractivity contribution in [3.8, 4) is 6.07 Å². The minimum absolute atomic E-state index is 0.0896. The van der Waals surface area contributed by atoms with E-state index in [-0.39, 0.29) is 23.5 Å². The number of amides is 1. The Morgan fingerprint density at radius 2 is 2.05 bits per heavy atom. The average Bonchev–Trinajstić information content (AvgIpc) is 2.92. The van der Waals surface area contributed by atoms with Crippen LogP contribution < -0.4 is 0 Å². The van der Waals surface area contributed by atoms with Crippen molar-refractivity contribution in [2.45, 2.75) is 31.7 Å². The number of hydrogen-bond donors (Lipinski definition) is 0. The van der Waals surface area contributed by atoms with Gasteiger partial charge in [-0.05, 0) is 25.0 Å². The molecule has 100 valence electrons. The van der Waals surface area contributed by atoms with Crippen molar-refractivity contribution in [3.05, 3.63) is 33.8 Å². The lowest BCUT2D eigenvalue weighted by molar-refractivity contribution is 0.0709. The first kappa shape index (κ1) is 14.2. The van der Waals surface area contributed by atoms with Gasteiger partial charge in [0.25, 0.3) is 5.91 Å². The zero-order valence-corrected chi connectivity index (χ0v) is 11.9. The summed E-state index contributed by atoms with van der Waals surface area (Å²) in [6.45, 7) is 0.0896. The van der Waals surface area contributed by atoms with E-state index in [0.29, 0.717) is 10.6 Å². The Hall–Kier alpha value is -1.24. The van der Waals surface area contributed by atoms with E-state index in [0.717, 1.165) is 25.7 Å². The van der Waals surface area contributed by atoms with Crippen molar-refractivity contribution in [3.63, 3.8) is 0 Å². The van der Waals surface area contributed by atoms with Crippen LogP contribution in [0.2, 0.25) is 10.0 Å². The van der Waals surface area contributed by atoms with E-state index in [1.165, 1.54) is 0 Å². The SMILES string of the molecule is N#CCN(C(=O)c1cccc(Cl)c1Cl)C1CCCC1. The number of hydrogen-bond acceptors (Lipinski definition) is 2. The Morgan fingerprint density at radius 1 is 1.37 bits per heavy atom. The van der Waals surface area contributed by atoms with Gasteiger partial charge < -0.3 is 4.90 Å². The predicted molar refractivity (Wildman–Crippen MR) is 75.4 cm³/mol. The van der Waals surface area contributed by atoms with Gasteiger partial charge in [0.1, 0.15) is 6.54 Å². The average molecular weight is 297 g/mol. The number of benzene rings is 1. The highest BCUT2D eigenvalue weighted by atomic mass is 35.5. The summed E-state index contributed by atoms with van der Waals surface area (Å²) < 4.78 is 0. The number of nitriles is 1. The van der Waals surface area contributed by atoms with E-state index >= 15 is 0 Å². The van der Waals surface area contributed by atoms with Crippen molar-refractivity contribution >= 4 is 29.1 Å². The van der Waals surface area contributed by atoms with Gasteiger partial charge in [0.15, 0.2) is 0 Å². The van der Waals surface area contributed by atoms with Crippen molar-refractivity contribution in [2.24, 2.45) is 0 Å². The van der Waals surface area contributed by atoms with Crippen molar-refractivity contribution in [1.29, 1.82) is 5.26 Å². The van der Waals surface area contributed by atoms with Gasteiger partial charge in [-0.25, -0.2) is 0 Å². The molecule has 5 heteroatoms. The van der Waals surface area contributed by atoms with Crippen LogP contribution in [0.25, 0.3) is 0 Å². The molecule has 0 spiro atoms. The molecule has 1 aromatic rings. The Balaban J connectivity index is 2.28. The molecule has 3 nitrogen and oxygen atoms in total. The fraction of sp³-hybridized carbons (Fsp3) is 0.429. The summed E-state index contributed by atoms with van der Waals surface area (Å²) in [5.74, 6) is -0.207. The predicted octanol–water partition coefficient (Wildman–Crippen LogP) is 3.90. The fourth-order valence-electron chi connectivity index (χ4n) is 2.48. The third-order valence-corrected chi connectivity index (χ3v) is 4.27.